The summed E-state index contributed by atoms with van der Waals surface area (Å²) in [5.74, 6) is -0.196. The maximum Gasteiger partial charge on any atom is 0.336 e. The largest absolute Gasteiger partial charge is 0.508 e. The van der Waals surface area contributed by atoms with Crippen LogP contribution in [0.2, 0.25) is 0 Å². The molecule has 0 fully saturated rings. The van der Waals surface area contributed by atoms with E-state index in [1.165, 1.54) is 24.3 Å². The van der Waals surface area contributed by atoms with Gasteiger partial charge in [0, 0.05) is 6.08 Å². The maximum absolute atomic E-state index is 11.7. The Labute approximate surface area is 131 Å². The molecule has 0 heterocycles. The van der Waals surface area contributed by atoms with Crippen LogP contribution in [0.15, 0.2) is 54.6 Å². The van der Waals surface area contributed by atoms with Gasteiger partial charge in [0.15, 0.2) is 0 Å². The summed E-state index contributed by atoms with van der Waals surface area (Å²) >= 11 is 0. The van der Waals surface area contributed by atoms with E-state index in [4.69, 9.17) is 9.84 Å². The SMILES string of the molecule is O=C(C=Cc1ccc(O)cc1)Oc1cccc(CO[N+](=O)[O-])c1. The van der Waals surface area contributed by atoms with Gasteiger partial charge >= 0.3 is 5.97 Å². The van der Waals surface area contributed by atoms with Crippen LogP contribution in [0.5, 0.6) is 11.5 Å². The van der Waals surface area contributed by atoms with E-state index < -0.39 is 11.1 Å². The van der Waals surface area contributed by atoms with E-state index in [-0.39, 0.29) is 18.1 Å². The maximum atomic E-state index is 11.7. The monoisotopic (exact) mass is 315 g/mol. The van der Waals surface area contributed by atoms with Gasteiger partial charge in [0.25, 0.3) is 5.09 Å². The van der Waals surface area contributed by atoms with Crippen LogP contribution in [0, 0.1) is 10.1 Å². The van der Waals surface area contributed by atoms with Gasteiger partial charge in [0.2, 0.25) is 0 Å². The molecule has 0 radical (unpaired) electrons. The highest BCUT2D eigenvalue weighted by atomic mass is 16.9. The van der Waals surface area contributed by atoms with Crippen molar-refractivity contribution >= 4 is 12.0 Å². The molecule has 0 aliphatic heterocycles. The minimum Gasteiger partial charge on any atom is -0.508 e. The molecular formula is C16H13NO6. The fourth-order valence-electron chi connectivity index (χ4n) is 1.73. The number of ether oxygens (including phenoxy) is 1. The lowest BCUT2D eigenvalue weighted by Crippen LogP contribution is -2.05. The van der Waals surface area contributed by atoms with Crippen molar-refractivity contribution in [1.82, 2.24) is 0 Å². The molecule has 1 N–H and O–H groups in total. The van der Waals surface area contributed by atoms with Crippen molar-refractivity contribution in [3.8, 4) is 11.5 Å². The van der Waals surface area contributed by atoms with E-state index in [0.717, 1.165) is 5.56 Å². The molecule has 118 valence electrons. The van der Waals surface area contributed by atoms with Crippen molar-refractivity contribution in [2.24, 2.45) is 0 Å². The number of phenols is 1. The molecule has 0 aliphatic rings. The van der Waals surface area contributed by atoms with Gasteiger partial charge in [0.1, 0.15) is 18.1 Å². The van der Waals surface area contributed by atoms with Gasteiger partial charge in [-0.05, 0) is 41.5 Å². The predicted octanol–water partition coefficient (Wildman–Crippen LogP) is 2.72. The summed E-state index contributed by atoms with van der Waals surface area (Å²) in [6.07, 6.45) is 2.79. The standard InChI is InChI=1S/C16H13NO6/c18-14-7-4-12(5-8-14)6-9-16(19)23-15-3-1-2-13(10-15)11-22-17(20)21/h1-10,18H,11H2. The zero-order valence-electron chi connectivity index (χ0n) is 11.9. The van der Waals surface area contributed by atoms with Crippen LogP contribution in [-0.4, -0.2) is 16.2 Å². The summed E-state index contributed by atoms with van der Waals surface area (Å²) in [6.45, 7) is -0.220. The van der Waals surface area contributed by atoms with E-state index in [9.17, 15) is 14.9 Å². The third-order valence-corrected chi connectivity index (χ3v) is 2.76. The molecule has 0 saturated heterocycles. The van der Waals surface area contributed by atoms with Gasteiger partial charge in [-0.15, -0.1) is 10.1 Å². The lowest BCUT2D eigenvalue weighted by molar-refractivity contribution is -0.763. The first-order valence-corrected chi connectivity index (χ1v) is 6.58. The highest BCUT2D eigenvalue weighted by molar-refractivity contribution is 5.88. The molecule has 0 aliphatic carbocycles. The minimum atomic E-state index is -0.890. The molecule has 0 saturated carbocycles. The minimum absolute atomic E-state index is 0.137. The van der Waals surface area contributed by atoms with Gasteiger partial charge in [0.05, 0.1) is 0 Å². The van der Waals surface area contributed by atoms with Gasteiger partial charge < -0.3 is 14.7 Å². The van der Waals surface area contributed by atoms with Crippen molar-refractivity contribution < 1.29 is 24.6 Å². The van der Waals surface area contributed by atoms with Crippen LogP contribution in [0.3, 0.4) is 0 Å². The first kappa shape index (κ1) is 16.0. The van der Waals surface area contributed by atoms with Crippen LogP contribution < -0.4 is 4.74 Å². The average molecular weight is 315 g/mol. The first-order valence-electron chi connectivity index (χ1n) is 6.58. The molecule has 7 nitrogen and oxygen atoms in total. The van der Waals surface area contributed by atoms with E-state index >= 15 is 0 Å². The summed E-state index contributed by atoms with van der Waals surface area (Å²) in [6, 6.07) is 12.6. The van der Waals surface area contributed by atoms with Crippen molar-refractivity contribution in [2.45, 2.75) is 6.61 Å². The number of aromatic hydroxyl groups is 1. The number of carbonyl (C=O) groups excluding carboxylic acids is 1. The Morgan fingerprint density at radius 2 is 1.96 bits per heavy atom. The quantitative estimate of drug-likeness (QED) is 0.289. The Morgan fingerprint density at radius 1 is 1.22 bits per heavy atom. The Kier molecular flexibility index (Phi) is 5.30. The van der Waals surface area contributed by atoms with E-state index in [2.05, 4.69) is 4.84 Å². The second kappa shape index (κ2) is 7.60. The van der Waals surface area contributed by atoms with Crippen molar-refractivity contribution in [3.05, 3.63) is 75.8 Å². The molecule has 7 heteroatoms. The summed E-state index contributed by atoms with van der Waals surface area (Å²) in [5.41, 5.74) is 1.24. The topological polar surface area (TPSA) is 98.9 Å². The fourth-order valence-corrected chi connectivity index (χ4v) is 1.73. The summed E-state index contributed by atoms with van der Waals surface area (Å²) in [4.78, 5) is 26.1. The first-order chi connectivity index (χ1) is 11.0. The smallest absolute Gasteiger partial charge is 0.336 e. The summed E-state index contributed by atoms with van der Waals surface area (Å²) in [7, 11) is 0. The van der Waals surface area contributed by atoms with Crippen LogP contribution in [0.1, 0.15) is 11.1 Å². The van der Waals surface area contributed by atoms with Crippen molar-refractivity contribution in [2.75, 3.05) is 0 Å². The van der Waals surface area contributed by atoms with Gasteiger partial charge in [-0.2, -0.15) is 0 Å². The van der Waals surface area contributed by atoms with Crippen molar-refractivity contribution in [3.63, 3.8) is 0 Å². The summed E-state index contributed by atoms with van der Waals surface area (Å²) < 4.78 is 5.11. The Bertz CT molecular complexity index is 724. The molecule has 0 amide bonds. The van der Waals surface area contributed by atoms with Gasteiger partial charge in [-0.3, -0.25) is 0 Å². The number of carbonyl (C=O) groups is 1. The molecule has 2 aromatic rings. The van der Waals surface area contributed by atoms with E-state index in [0.29, 0.717) is 5.56 Å². The molecule has 0 unspecified atom stereocenters. The molecular weight excluding hydrogens is 302 g/mol. The molecule has 0 spiro atoms. The van der Waals surface area contributed by atoms with E-state index in [1.54, 1.807) is 36.4 Å². The highest BCUT2D eigenvalue weighted by Gasteiger charge is 2.03. The molecule has 0 atom stereocenters. The van der Waals surface area contributed by atoms with Crippen LogP contribution in [-0.2, 0) is 16.2 Å². The number of hydrogen-bond acceptors (Lipinski definition) is 6. The zero-order valence-corrected chi connectivity index (χ0v) is 11.9. The number of esters is 1. The number of rotatable bonds is 6. The highest BCUT2D eigenvalue weighted by Crippen LogP contribution is 2.15. The zero-order chi connectivity index (χ0) is 16.7. The molecule has 0 aromatic heterocycles. The third kappa shape index (κ3) is 5.50. The predicted molar refractivity (Wildman–Crippen MR) is 81.0 cm³/mol. The number of benzene rings is 2. The number of phenolic OH excluding ortho intramolecular Hbond substituents is 1. The number of nitrogens with zero attached hydrogens (tertiary/aromatic N) is 1. The van der Waals surface area contributed by atoms with Gasteiger partial charge in [-0.25, -0.2) is 4.79 Å². The Hall–Kier alpha value is -3.35. The average Bonchev–Trinajstić information content (AvgIpc) is 2.53. The normalized spacial score (nSPS) is 10.4. The Balaban J connectivity index is 1.95. The fraction of sp³-hybridized carbons (Fsp3) is 0.0625. The molecule has 2 aromatic carbocycles. The Morgan fingerprint density at radius 3 is 2.65 bits per heavy atom. The second-order valence-electron chi connectivity index (χ2n) is 4.49. The van der Waals surface area contributed by atoms with Crippen LogP contribution in [0.4, 0.5) is 0 Å². The number of hydrogen-bond donors (Lipinski definition) is 1. The molecule has 23 heavy (non-hydrogen) atoms. The van der Waals surface area contributed by atoms with E-state index in [1.807, 2.05) is 0 Å². The lowest BCUT2D eigenvalue weighted by atomic mass is 10.2. The van der Waals surface area contributed by atoms with Crippen LogP contribution in [0.25, 0.3) is 6.08 Å². The van der Waals surface area contributed by atoms with Crippen molar-refractivity contribution in [1.29, 1.82) is 0 Å². The molecule has 2 rings (SSSR count). The van der Waals surface area contributed by atoms with Gasteiger partial charge in [-0.1, -0.05) is 24.3 Å². The molecule has 0 bridgehead atoms. The third-order valence-electron chi connectivity index (χ3n) is 2.76. The summed E-state index contributed by atoms with van der Waals surface area (Å²) in [5, 5.41) is 18.4. The lowest BCUT2D eigenvalue weighted by Gasteiger charge is -2.04. The second-order valence-corrected chi connectivity index (χ2v) is 4.49. The van der Waals surface area contributed by atoms with Crippen LogP contribution >= 0.6 is 0 Å².